The van der Waals surface area contributed by atoms with Gasteiger partial charge in [-0.3, -0.25) is 4.79 Å². The summed E-state index contributed by atoms with van der Waals surface area (Å²) in [6, 6.07) is 4.04. The molecule has 1 amide bonds. The standard InChI is InChI=1S/C18H25N3O3/c1-13-6-7-21-11-15(20-17(21)9-13)10-19-18(22)14(2)24-12-16-5-3-4-8-23-16/h6-7,9,11,14,16H,3-5,8,10,12H2,1-2H3,(H,19,22)/t14-,16+/m0/s1. The lowest BCUT2D eigenvalue weighted by molar-refractivity contribution is -0.135. The molecule has 0 radical (unpaired) electrons. The van der Waals surface area contributed by atoms with Crippen LogP contribution in [-0.4, -0.2) is 40.7 Å². The number of aromatic nitrogens is 2. The predicted molar refractivity (Wildman–Crippen MR) is 90.8 cm³/mol. The van der Waals surface area contributed by atoms with E-state index in [1.807, 2.05) is 35.9 Å². The van der Waals surface area contributed by atoms with Crippen LogP contribution in [0.4, 0.5) is 0 Å². The van der Waals surface area contributed by atoms with Crippen molar-refractivity contribution in [2.24, 2.45) is 0 Å². The summed E-state index contributed by atoms with van der Waals surface area (Å²) in [7, 11) is 0. The second-order valence-electron chi connectivity index (χ2n) is 6.38. The lowest BCUT2D eigenvalue weighted by Crippen LogP contribution is -2.36. The van der Waals surface area contributed by atoms with Crippen LogP contribution in [0.15, 0.2) is 24.5 Å². The summed E-state index contributed by atoms with van der Waals surface area (Å²) in [6.07, 6.45) is 6.82. The molecule has 0 bridgehead atoms. The van der Waals surface area contributed by atoms with E-state index >= 15 is 0 Å². The summed E-state index contributed by atoms with van der Waals surface area (Å²) in [6.45, 7) is 5.47. The van der Waals surface area contributed by atoms with Gasteiger partial charge in [0, 0.05) is 19.0 Å². The number of amides is 1. The van der Waals surface area contributed by atoms with Crippen molar-refractivity contribution in [2.45, 2.75) is 51.9 Å². The highest BCUT2D eigenvalue weighted by atomic mass is 16.5. The largest absolute Gasteiger partial charge is 0.376 e. The molecule has 6 heteroatoms. The van der Waals surface area contributed by atoms with Crippen molar-refractivity contribution in [1.29, 1.82) is 0 Å². The van der Waals surface area contributed by atoms with E-state index in [2.05, 4.69) is 10.3 Å². The third-order valence-corrected chi connectivity index (χ3v) is 4.28. The van der Waals surface area contributed by atoms with Crippen molar-refractivity contribution in [3.8, 4) is 0 Å². The Bertz CT molecular complexity index is 692. The SMILES string of the molecule is Cc1ccn2cc(CNC(=O)[C@H](C)OC[C@H]3CCCCO3)nc2c1. The number of nitrogens with one attached hydrogen (secondary N) is 1. The second-order valence-corrected chi connectivity index (χ2v) is 6.38. The van der Waals surface area contributed by atoms with Gasteiger partial charge in [0.1, 0.15) is 11.8 Å². The highest BCUT2D eigenvalue weighted by Gasteiger charge is 2.19. The summed E-state index contributed by atoms with van der Waals surface area (Å²) in [4.78, 5) is 16.7. The number of nitrogens with zero attached hydrogens (tertiary/aromatic N) is 2. The van der Waals surface area contributed by atoms with Gasteiger partial charge in [0.25, 0.3) is 0 Å². The first-order valence-electron chi connectivity index (χ1n) is 8.57. The molecule has 0 aromatic carbocycles. The van der Waals surface area contributed by atoms with E-state index < -0.39 is 6.10 Å². The van der Waals surface area contributed by atoms with Crippen LogP contribution in [0, 0.1) is 6.92 Å². The Labute approximate surface area is 142 Å². The van der Waals surface area contributed by atoms with Crippen molar-refractivity contribution in [1.82, 2.24) is 14.7 Å². The van der Waals surface area contributed by atoms with E-state index in [-0.39, 0.29) is 12.0 Å². The van der Waals surface area contributed by atoms with Gasteiger partial charge in [-0.05, 0) is 50.8 Å². The number of aryl methyl sites for hydroxylation is 1. The first kappa shape index (κ1) is 16.9. The smallest absolute Gasteiger partial charge is 0.249 e. The fourth-order valence-corrected chi connectivity index (χ4v) is 2.81. The van der Waals surface area contributed by atoms with Gasteiger partial charge in [0.15, 0.2) is 0 Å². The molecule has 1 aliphatic rings. The quantitative estimate of drug-likeness (QED) is 0.881. The average molecular weight is 331 g/mol. The maximum absolute atomic E-state index is 12.1. The first-order chi connectivity index (χ1) is 11.6. The Kier molecular flexibility index (Phi) is 5.48. The van der Waals surface area contributed by atoms with Crippen LogP contribution in [-0.2, 0) is 20.8 Å². The number of imidazole rings is 1. The van der Waals surface area contributed by atoms with Crippen LogP contribution in [0.25, 0.3) is 5.65 Å². The van der Waals surface area contributed by atoms with Gasteiger partial charge in [0.2, 0.25) is 5.91 Å². The molecule has 130 valence electrons. The summed E-state index contributed by atoms with van der Waals surface area (Å²) < 4.78 is 13.2. The molecule has 0 saturated carbocycles. The number of carbonyl (C=O) groups excluding carboxylic acids is 1. The summed E-state index contributed by atoms with van der Waals surface area (Å²) in [5, 5.41) is 2.88. The molecule has 2 aromatic rings. The monoisotopic (exact) mass is 331 g/mol. The van der Waals surface area contributed by atoms with Crippen LogP contribution < -0.4 is 5.32 Å². The predicted octanol–water partition coefficient (Wildman–Crippen LogP) is 2.23. The van der Waals surface area contributed by atoms with Crippen LogP contribution >= 0.6 is 0 Å². The van der Waals surface area contributed by atoms with E-state index in [4.69, 9.17) is 9.47 Å². The van der Waals surface area contributed by atoms with Crippen molar-refractivity contribution in [2.75, 3.05) is 13.2 Å². The minimum atomic E-state index is -0.491. The number of pyridine rings is 1. The molecule has 6 nitrogen and oxygen atoms in total. The van der Waals surface area contributed by atoms with Gasteiger partial charge in [-0.2, -0.15) is 0 Å². The van der Waals surface area contributed by atoms with Crippen LogP contribution in [0.3, 0.4) is 0 Å². The van der Waals surface area contributed by atoms with Crippen LogP contribution in [0.1, 0.15) is 37.4 Å². The number of hydrogen-bond acceptors (Lipinski definition) is 4. The van der Waals surface area contributed by atoms with Gasteiger partial charge in [-0.15, -0.1) is 0 Å². The number of rotatable bonds is 6. The molecule has 1 aliphatic heterocycles. The Morgan fingerprint density at radius 3 is 3.21 bits per heavy atom. The zero-order valence-electron chi connectivity index (χ0n) is 14.3. The minimum Gasteiger partial charge on any atom is -0.376 e. The van der Waals surface area contributed by atoms with Crippen molar-refractivity contribution in [3.63, 3.8) is 0 Å². The zero-order valence-corrected chi connectivity index (χ0v) is 14.3. The Hall–Kier alpha value is -1.92. The van der Waals surface area contributed by atoms with E-state index in [0.717, 1.165) is 36.4 Å². The van der Waals surface area contributed by atoms with Crippen molar-refractivity contribution < 1.29 is 14.3 Å². The van der Waals surface area contributed by atoms with Crippen molar-refractivity contribution in [3.05, 3.63) is 35.8 Å². The molecule has 0 unspecified atom stereocenters. The van der Waals surface area contributed by atoms with Gasteiger partial charge in [-0.25, -0.2) is 4.98 Å². The number of carbonyl (C=O) groups is 1. The fraction of sp³-hybridized carbons (Fsp3) is 0.556. The van der Waals surface area contributed by atoms with E-state index in [9.17, 15) is 4.79 Å². The Morgan fingerprint density at radius 2 is 2.42 bits per heavy atom. The minimum absolute atomic E-state index is 0.121. The molecular weight excluding hydrogens is 306 g/mol. The van der Waals surface area contributed by atoms with Gasteiger partial charge < -0.3 is 19.2 Å². The molecule has 0 aliphatic carbocycles. The summed E-state index contributed by atoms with van der Waals surface area (Å²) in [5.74, 6) is -0.126. The van der Waals surface area contributed by atoms with Gasteiger partial charge >= 0.3 is 0 Å². The fourth-order valence-electron chi connectivity index (χ4n) is 2.81. The molecule has 2 aromatic heterocycles. The maximum atomic E-state index is 12.1. The summed E-state index contributed by atoms with van der Waals surface area (Å²) >= 11 is 0. The second kappa shape index (κ2) is 7.77. The lowest BCUT2D eigenvalue weighted by atomic mass is 10.1. The van der Waals surface area contributed by atoms with Gasteiger partial charge in [-0.1, -0.05) is 0 Å². The van der Waals surface area contributed by atoms with Crippen molar-refractivity contribution >= 4 is 11.6 Å². The molecule has 1 fully saturated rings. The Morgan fingerprint density at radius 1 is 1.54 bits per heavy atom. The zero-order chi connectivity index (χ0) is 16.9. The molecule has 3 heterocycles. The Balaban J connectivity index is 1.46. The number of hydrogen-bond donors (Lipinski definition) is 1. The molecule has 3 rings (SSSR count). The number of ether oxygens (including phenoxy) is 2. The first-order valence-corrected chi connectivity index (χ1v) is 8.57. The van der Waals surface area contributed by atoms with Crippen LogP contribution in [0.5, 0.6) is 0 Å². The van der Waals surface area contributed by atoms with E-state index in [1.165, 1.54) is 6.42 Å². The third-order valence-electron chi connectivity index (χ3n) is 4.28. The highest BCUT2D eigenvalue weighted by molar-refractivity contribution is 5.80. The molecule has 2 atom stereocenters. The van der Waals surface area contributed by atoms with Crippen LogP contribution in [0.2, 0.25) is 0 Å². The average Bonchev–Trinajstić information content (AvgIpc) is 3.00. The third kappa shape index (κ3) is 4.33. The normalized spacial score (nSPS) is 19.3. The van der Waals surface area contributed by atoms with E-state index in [0.29, 0.717) is 13.2 Å². The molecular formula is C18H25N3O3. The molecule has 24 heavy (non-hydrogen) atoms. The molecule has 1 saturated heterocycles. The number of fused-ring (bicyclic) bond motifs is 1. The maximum Gasteiger partial charge on any atom is 0.249 e. The molecule has 1 N–H and O–H groups in total. The lowest BCUT2D eigenvalue weighted by Gasteiger charge is -2.23. The highest BCUT2D eigenvalue weighted by Crippen LogP contribution is 2.13. The van der Waals surface area contributed by atoms with E-state index in [1.54, 1.807) is 6.92 Å². The summed E-state index contributed by atoms with van der Waals surface area (Å²) in [5.41, 5.74) is 2.88. The molecule has 0 spiro atoms. The topological polar surface area (TPSA) is 64.9 Å². The van der Waals surface area contributed by atoms with Gasteiger partial charge in [0.05, 0.1) is 24.9 Å².